The fourth-order valence-electron chi connectivity index (χ4n) is 1.31. The van der Waals surface area contributed by atoms with Crippen LogP contribution in [-0.4, -0.2) is 32.9 Å². The number of alkyl halides is 3. The molecule has 2 aromatic rings. The maximum absolute atomic E-state index is 12.4. The lowest BCUT2D eigenvalue weighted by Crippen LogP contribution is -2.14. The zero-order valence-corrected chi connectivity index (χ0v) is 12.0. The second kappa shape index (κ2) is 6.64. The summed E-state index contributed by atoms with van der Waals surface area (Å²) >= 11 is 0.944. The van der Waals surface area contributed by atoms with Gasteiger partial charge >= 0.3 is 12.3 Å². The van der Waals surface area contributed by atoms with Gasteiger partial charge in [0.1, 0.15) is 5.03 Å². The number of nitrogens with one attached hydrogen (secondary N) is 2. The van der Waals surface area contributed by atoms with E-state index in [2.05, 4.69) is 30.2 Å². The van der Waals surface area contributed by atoms with Crippen LogP contribution in [0.25, 0.3) is 0 Å². The molecule has 11 heteroatoms. The highest BCUT2D eigenvalue weighted by molar-refractivity contribution is 7.99. The van der Waals surface area contributed by atoms with Crippen molar-refractivity contribution in [2.75, 3.05) is 11.9 Å². The molecule has 0 aliphatic heterocycles. The van der Waals surface area contributed by atoms with Crippen molar-refractivity contribution in [1.82, 2.24) is 20.2 Å². The van der Waals surface area contributed by atoms with Crippen LogP contribution in [0.3, 0.4) is 0 Å². The molecule has 0 atom stereocenters. The van der Waals surface area contributed by atoms with Gasteiger partial charge in [0, 0.05) is 6.20 Å². The first-order valence-electron chi connectivity index (χ1n) is 5.95. The van der Waals surface area contributed by atoms with Crippen LogP contribution >= 0.6 is 11.8 Å². The fraction of sp³-hybridized carbons (Fsp3) is 0.273. The lowest BCUT2D eigenvalue weighted by atomic mass is 10.3. The van der Waals surface area contributed by atoms with Crippen LogP contribution in [0.15, 0.2) is 28.5 Å². The fourth-order valence-corrected chi connectivity index (χ4v) is 1.97. The molecular formula is C11H10F3N5O2S. The van der Waals surface area contributed by atoms with E-state index in [-0.39, 0.29) is 22.7 Å². The number of rotatable bonds is 4. The molecule has 2 aromatic heterocycles. The van der Waals surface area contributed by atoms with Crippen LogP contribution in [0.2, 0.25) is 0 Å². The summed E-state index contributed by atoms with van der Waals surface area (Å²) in [6, 6.07) is 2.13. The molecule has 1 amide bonds. The Hall–Kier alpha value is -2.30. The molecule has 2 rings (SSSR count). The molecule has 2 heterocycles. The third-order valence-electron chi connectivity index (χ3n) is 2.22. The van der Waals surface area contributed by atoms with E-state index in [9.17, 15) is 18.0 Å². The summed E-state index contributed by atoms with van der Waals surface area (Å²) in [6.45, 7) is 1.86. The van der Waals surface area contributed by atoms with E-state index >= 15 is 0 Å². The van der Waals surface area contributed by atoms with Crippen LogP contribution in [-0.2, 0) is 10.9 Å². The lowest BCUT2D eigenvalue weighted by molar-refractivity contribution is -0.137. The van der Waals surface area contributed by atoms with Gasteiger partial charge in [-0.1, -0.05) is 0 Å². The molecule has 0 saturated heterocycles. The SMILES string of the molecule is CCOC(=O)Nc1nc(Sc2ccc(C(F)(F)F)cn2)n[nH]1. The first-order chi connectivity index (χ1) is 10.4. The average molecular weight is 333 g/mol. The summed E-state index contributed by atoms with van der Waals surface area (Å²) in [5.41, 5.74) is -0.837. The predicted octanol–water partition coefficient (Wildman–Crippen LogP) is 2.94. The zero-order chi connectivity index (χ0) is 16.2. The number of pyridine rings is 1. The first-order valence-corrected chi connectivity index (χ1v) is 6.77. The number of nitrogens with zero attached hydrogens (tertiary/aromatic N) is 3. The number of H-pyrrole nitrogens is 1. The van der Waals surface area contributed by atoms with Crippen molar-refractivity contribution in [3.05, 3.63) is 23.9 Å². The van der Waals surface area contributed by atoms with Crippen molar-refractivity contribution in [2.24, 2.45) is 0 Å². The third-order valence-corrected chi connectivity index (χ3v) is 3.04. The van der Waals surface area contributed by atoms with Gasteiger partial charge in [-0.05, 0) is 30.8 Å². The van der Waals surface area contributed by atoms with Crippen LogP contribution in [0, 0.1) is 0 Å². The van der Waals surface area contributed by atoms with Crippen molar-refractivity contribution in [2.45, 2.75) is 23.3 Å². The molecule has 0 fully saturated rings. The molecule has 0 aliphatic rings. The first kappa shape index (κ1) is 16.1. The van der Waals surface area contributed by atoms with Gasteiger partial charge < -0.3 is 4.74 Å². The topological polar surface area (TPSA) is 92.8 Å². The number of hydrogen-bond donors (Lipinski definition) is 2. The third kappa shape index (κ3) is 4.35. The lowest BCUT2D eigenvalue weighted by Gasteiger charge is -2.05. The molecular weight excluding hydrogens is 323 g/mol. The highest BCUT2D eigenvalue weighted by Gasteiger charge is 2.30. The summed E-state index contributed by atoms with van der Waals surface area (Å²) in [6.07, 6.45) is -4.40. The molecule has 0 aromatic carbocycles. The molecule has 0 unspecified atom stereocenters. The van der Waals surface area contributed by atoms with Gasteiger partial charge in [-0.2, -0.15) is 18.2 Å². The largest absolute Gasteiger partial charge is 0.450 e. The van der Waals surface area contributed by atoms with Gasteiger partial charge in [0.25, 0.3) is 0 Å². The van der Waals surface area contributed by atoms with Crippen LogP contribution in [0.4, 0.5) is 23.9 Å². The molecule has 0 radical (unpaired) electrons. The summed E-state index contributed by atoms with van der Waals surface area (Å²) in [5.74, 6) is 0.0628. The molecule has 22 heavy (non-hydrogen) atoms. The summed E-state index contributed by atoms with van der Waals surface area (Å²) in [4.78, 5) is 18.8. The summed E-state index contributed by atoms with van der Waals surface area (Å²) < 4.78 is 41.9. The van der Waals surface area contributed by atoms with E-state index in [0.717, 1.165) is 24.0 Å². The minimum Gasteiger partial charge on any atom is -0.450 e. The van der Waals surface area contributed by atoms with Gasteiger partial charge in [0.05, 0.1) is 12.2 Å². The Balaban J connectivity index is 1.99. The maximum atomic E-state index is 12.4. The van der Waals surface area contributed by atoms with E-state index in [1.165, 1.54) is 6.07 Å². The van der Waals surface area contributed by atoms with Crippen molar-refractivity contribution in [3.63, 3.8) is 0 Å². The van der Waals surface area contributed by atoms with E-state index < -0.39 is 17.8 Å². The van der Waals surface area contributed by atoms with Crippen molar-refractivity contribution in [3.8, 4) is 0 Å². The van der Waals surface area contributed by atoms with Crippen LogP contribution < -0.4 is 5.32 Å². The van der Waals surface area contributed by atoms with Gasteiger partial charge in [-0.3, -0.25) is 5.32 Å². The molecule has 0 saturated carbocycles. The van der Waals surface area contributed by atoms with Crippen molar-refractivity contribution < 1.29 is 22.7 Å². The van der Waals surface area contributed by atoms with Gasteiger partial charge in [0.2, 0.25) is 11.1 Å². The number of carbonyl (C=O) groups is 1. The highest BCUT2D eigenvalue weighted by Crippen LogP contribution is 2.30. The molecule has 0 spiro atoms. The Kier molecular flexibility index (Phi) is 4.85. The monoisotopic (exact) mass is 333 g/mol. The number of aromatic amines is 1. The number of carbonyl (C=O) groups excluding carboxylic acids is 1. The molecule has 7 nitrogen and oxygen atoms in total. The van der Waals surface area contributed by atoms with Gasteiger partial charge in [-0.25, -0.2) is 14.9 Å². The number of halogens is 3. The zero-order valence-electron chi connectivity index (χ0n) is 11.1. The van der Waals surface area contributed by atoms with E-state index in [1.54, 1.807) is 6.92 Å². The molecule has 118 valence electrons. The molecule has 0 bridgehead atoms. The van der Waals surface area contributed by atoms with Crippen molar-refractivity contribution in [1.29, 1.82) is 0 Å². The van der Waals surface area contributed by atoms with Crippen LogP contribution in [0.1, 0.15) is 12.5 Å². The second-order valence-electron chi connectivity index (χ2n) is 3.80. The quantitative estimate of drug-likeness (QED) is 0.893. The summed E-state index contributed by atoms with van der Waals surface area (Å²) in [5, 5.41) is 9.03. The second-order valence-corrected chi connectivity index (χ2v) is 4.78. The average Bonchev–Trinajstić information content (AvgIpc) is 2.85. The van der Waals surface area contributed by atoms with Gasteiger partial charge in [0.15, 0.2) is 0 Å². The number of hydrogen-bond acceptors (Lipinski definition) is 6. The Morgan fingerprint density at radius 1 is 1.45 bits per heavy atom. The Bertz CT molecular complexity index is 644. The van der Waals surface area contributed by atoms with E-state index in [4.69, 9.17) is 0 Å². The summed E-state index contributed by atoms with van der Waals surface area (Å²) in [7, 11) is 0. The van der Waals surface area contributed by atoms with E-state index in [0.29, 0.717) is 0 Å². The Morgan fingerprint density at radius 3 is 2.82 bits per heavy atom. The number of aromatic nitrogens is 4. The standard InChI is InChI=1S/C11H10F3N5O2S/c1-2-21-10(20)17-8-16-9(19-18-8)22-7-4-3-6(5-15-7)11(12,13)14/h3-5H,2H2,1H3,(H2,16,17,18,19,20). The minimum atomic E-state index is -4.43. The normalized spacial score (nSPS) is 11.3. The van der Waals surface area contributed by atoms with Gasteiger partial charge in [-0.15, -0.1) is 5.10 Å². The number of amides is 1. The molecule has 2 N–H and O–H groups in total. The molecule has 0 aliphatic carbocycles. The Labute approximate surface area is 126 Å². The number of ether oxygens (including phenoxy) is 1. The van der Waals surface area contributed by atoms with E-state index in [1.807, 2.05) is 0 Å². The smallest absolute Gasteiger partial charge is 0.417 e. The Morgan fingerprint density at radius 2 is 2.23 bits per heavy atom. The minimum absolute atomic E-state index is 0.0628. The number of anilines is 1. The van der Waals surface area contributed by atoms with Crippen LogP contribution in [0.5, 0.6) is 0 Å². The highest BCUT2D eigenvalue weighted by atomic mass is 32.2. The maximum Gasteiger partial charge on any atom is 0.417 e. The predicted molar refractivity (Wildman–Crippen MR) is 70.4 cm³/mol. The van der Waals surface area contributed by atoms with Crippen molar-refractivity contribution >= 4 is 23.8 Å².